The van der Waals surface area contributed by atoms with Crippen LogP contribution in [0.4, 0.5) is 5.69 Å². The molecule has 7 nitrogen and oxygen atoms in total. The van der Waals surface area contributed by atoms with Crippen molar-refractivity contribution in [2.75, 3.05) is 6.61 Å². The van der Waals surface area contributed by atoms with Gasteiger partial charge in [-0.25, -0.2) is 5.43 Å². The molecule has 2 rings (SSSR count). The van der Waals surface area contributed by atoms with Gasteiger partial charge in [0.15, 0.2) is 0 Å². The van der Waals surface area contributed by atoms with Crippen LogP contribution < -0.4 is 10.2 Å². The normalized spacial score (nSPS) is 10.4. The molecule has 138 valence electrons. The van der Waals surface area contributed by atoms with E-state index in [0.717, 1.165) is 12.0 Å². The molecule has 2 aromatic carbocycles. The maximum absolute atomic E-state index is 12.0. The summed E-state index contributed by atoms with van der Waals surface area (Å²) >= 11 is 0. The molecular weight excluding hydrogens is 346 g/mol. The molecule has 0 radical (unpaired) electrons. The molecule has 2 aromatic rings. The predicted octanol–water partition coefficient (Wildman–Crippen LogP) is 2.86. The monoisotopic (exact) mass is 365 g/mol. The van der Waals surface area contributed by atoms with Crippen molar-refractivity contribution < 1.29 is 14.5 Å². The van der Waals surface area contributed by atoms with Crippen LogP contribution in [0.2, 0.25) is 0 Å². The van der Waals surface area contributed by atoms with Gasteiger partial charge >= 0.3 is 0 Å². The number of carbonyl (C=O) groups excluding carboxylic acids is 1. The fourth-order valence-electron chi connectivity index (χ4n) is 2.29. The molecule has 0 spiro atoms. The van der Waals surface area contributed by atoms with Gasteiger partial charge in [0.25, 0.3) is 5.69 Å². The molecule has 0 aliphatic rings. The molecule has 1 N–H and O–H groups in total. The Morgan fingerprint density at radius 2 is 2.00 bits per heavy atom. The summed E-state index contributed by atoms with van der Waals surface area (Å²) in [5.41, 5.74) is 4.69. The number of hydrogen-bond acceptors (Lipinski definition) is 5. The zero-order valence-electron chi connectivity index (χ0n) is 14.8. The molecule has 0 saturated heterocycles. The van der Waals surface area contributed by atoms with Gasteiger partial charge in [0.05, 0.1) is 17.6 Å². The van der Waals surface area contributed by atoms with E-state index in [0.29, 0.717) is 11.3 Å². The van der Waals surface area contributed by atoms with E-state index in [2.05, 4.69) is 23.4 Å². The van der Waals surface area contributed by atoms with Crippen molar-refractivity contribution >= 4 is 17.8 Å². The quantitative estimate of drug-likeness (QED) is 0.337. The highest BCUT2D eigenvalue weighted by molar-refractivity contribution is 5.86. The minimum absolute atomic E-state index is 0.0127. The predicted molar refractivity (Wildman–Crippen MR) is 103 cm³/mol. The van der Waals surface area contributed by atoms with Crippen molar-refractivity contribution in [3.63, 3.8) is 0 Å². The SMILES string of the molecule is C#CCOc1ccc([N+](=O)[O-])cc1/C=N/NC(=O)Cc1ccc(CC)cc1. The summed E-state index contributed by atoms with van der Waals surface area (Å²) in [7, 11) is 0. The van der Waals surface area contributed by atoms with Gasteiger partial charge in [0.2, 0.25) is 5.91 Å². The third-order valence-corrected chi connectivity index (χ3v) is 3.70. The summed E-state index contributed by atoms with van der Waals surface area (Å²) in [6, 6.07) is 11.8. The standard InChI is InChI=1S/C20H19N3O4/c1-3-11-27-19-10-9-18(23(25)26)13-17(19)14-21-22-20(24)12-16-7-5-15(4-2)6-8-16/h1,5-10,13-14H,4,11-12H2,2H3,(H,22,24)/b21-14+. The molecule has 0 aliphatic heterocycles. The Morgan fingerprint density at radius 3 is 2.63 bits per heavy atom. The highest BCUT2D eigenvalue weighted by Crippen LogP contribution is 2.22. The second-order valence-electron chi connectivity index (χ2n) is 5.61. The van der Waals surface area contributed by atoms with Crippen molar-refractivity contribution in [2.24, 2.45) is 5.10 Å². The van der Waals surface area contributed by atoms with E-state index in [9.17, 15) is 14.9 Å². The number of aryl methyl sites for hydroxylation is 1. The average molecular weight is 365 g/mol. The summed E-state index contributed by atoms with van der Waals surface area (Å²) in [5, 5.41) is 14.8. The second-order valence-corrected chi connectivity index (χ2v) is 5.61. The highest BCUT2D eigenvalue weighted by atomic mass is 16.6. The van der Waals surface area contributed by atoms with Gasteiger partial charge in [-0.2, -0.15) is 5.10 Å². The van der Waals surface area contributed by atoms with Gasteiger partial charge in [-0.1, -0.05) is 37.1 Å². The lowest BCUT2D eigenvalue weighted by molar-refractivity contribution is -0.384. The Balaban J connectivity index is 2.04. The number of hydrogen-bond donors (Lipinski definition) is 1. The van der Waals surface area contributed by atoms with Crippen LogP contribution in [0.25, 0.3) is 0 Å². The summed E-state index contributed by atoms with van der Waals surface area (Å²) in [6.45, 7) is 2.07. The molecular formula is C20H19N3O4. The Bertz CT molecular complexity index is 883. The van der Waals surface area contributed by atoms with Crippen LogP contribution in [-0.2, 0) is 17.6 Å². The van der Waals surface area contributed by atoms with Crippen LogP contribution in [0.3, 0.4) is 0 Å². The first-order chi connectivity index (χ1) is 13.0. The number of nitrogens with zero attached hydrogens (tertiary/aromatic N) is 2. The number of carbonyl (C=O) groups is 1. The van der Waals surface area contributed by atoms with E-state index in [1.807, 2.05) is 24.3 Å². The number of nitro groups is 1. The molecule has 0 fully saturated rings. The lowest BCUT2D eigenvalue weighted by Gasteiger charge is -2.06. The first-order valence-electron chi connectivity index (χ1n) is 8.28. The Kier molecular flexibility index (Phi) is 7.08. The van der Waals surface area contributed by atoms with Crippen molar-refractivity contribution in [3.05, 3.63) is 69.3 Å². The topological polar surface area (TPSA) is 93.8 Å². The first-order valence-corrected chi connectivity index (χ1v) is 8.28. The Morgan fingerprint density at radius 1 is 1.30 bits per heavy atom. The molecule has 7 heteroatoms. The molecule has 1 amide bonds. The summed E-state index contributed by atoms with van der Waals surface area (Å²) < 4.78 is 5.33. The third kappa shape index (κ3) is 5.97. The lowest BCUT2D eigenvalue weighted by atomic mass is 10.1. The minimum atomic E-state index is -0.527. The molecule has 0 unspecified atom stereocenters. The molecule has 0 atom stereocenters. The van der Waals surface area contributed by atoms with Crippen LogP contribution in [0.5, 0.6) is 5.75 Å². The van der Waals surface area contributed by atoms with Crippen molar-refractivity contribution in [1.29, 1.82) is 0 Å². The van der Waals surface area contributed by atoms with Gasteiger partial charge in [-0.3, -0.25) is 14.9 Å². The van der Waals surface area contributed by atoms with Gasteiger partial charge in [0.1, 0.15) is 12.4 Å². The maximum atomic E-state index is 12.0. The smallest absolute Gasteiger partial charge is 0.270 e. The number of benzene rings is 2. The van der Waals surface area contributed by atoms with E-state index in [4.69, 9.17) is 11.2 Å². The average Bonchev–Trinajstić information content (AvgIpc) is 2.67. The number of nitrogens with one attached hydrogen (secondary N) is 1. The van der Waals surface area contributed by atoms with E-state index < -0.39 is 4.92 Å². The van der Waals surface area contributed by atoms with E-state index in [-0.39, 0.29) is 24.6 Å². The van der Waals surface area contributed by atoms with Crippen molar-refractivity contribution in [3.8, 4) is 18.1 Å². The number of amides is 1. The van der Waals surface area contributed by atoms with Gasteiger partial charge in [-0.05, 0) is 23.6 Å². The van der Waals surface area contributed by atoms with Crippen LogP contribution in [0.15, 0.2) is 47.6 Å². The number of rotatable bonds is 8. The molecule has 0 heterocycles. The molecule has 0 aliphatic carbocycles. The van der Waals surface area contributed by atoms with Crippen LogP contribution in [0, 0.1) is 22.5 Å². The van der Waals surface area contributed by atoms with Crippen LogP contribution >= 0.6 is 0 Å². The molecule has 0 aromatic heterocycles. The molecule has 27 heavy (non-hydrogen) atoms. The van der Waals surface area contributed by atoms with Crippen LogP contribution in [0.1, 0.15) is 23.6 Å². The Hall–Kier alpha value is -3.66. The zero-order chi connectivity index (χ0) is 19.6. The summed E-state index contributed by atoms with van der Waals surface area (Å²) in [4.78, 5) is 22.4. The van der Waals surface area contributed by atoms with Gasteiger partial charge in [-0.15, -0.1) is 6.42 Å². The van der Waals surface area contributed by atoms with E-state index in [1.54, 1.807) is 0 Å². The zero-order valence-corrected chi connectivity index (χ0v) is 14.8. The fraction of sp³-hybridized carbons (Fsp3) is 0.200. The maximum Gasteiger partial charge on any atom is 0.270 e. The fourth-order valence-corrected chi connectivity index (χ4v) is 2.29. The molecule has 0 saturated carbocycles. The number of ether oxygens (including phenoxy) is 1. The largest absolute Gasteiger partial charge is 0.480 e. The van der Waals surface area contributed by atoms with Gasteiger partial charge < -0.3 is 4.74 Å². The second kappa shape index (κ2) is 9.73. The highest BCUT2D eigenvalue weighted by Gasteiger charge is 2.11. The van der Waals surface area contributed by atoms with E-state index in [1.165, 1.54) is 30.0 Å². The summed E-state index contributed by atoms with van der Waals surface area (Å²) in [5.74, 6) is 2.36. The van der Waals surface area contributed by atoms with Gasteiger partial charge in [0, 0.05) is 17.7 Å². The van der Waals surface area contributed by atoms with Crippen molar-refractivity contribution in [2.45, 2.75) is 19.8 Å². The van der Waals surface area contributed by atoms with Crippen LogP contribution in [-0.4, -0.2) is 23.7 Å². The Labute approximate surface area is 157 Å². The number of non-ortho nitro benzene ring substituents is 1. The lowest BCUT2D eigenvalue weighted by Crippen LogP contribution is -2.19. The number of hydrazone groups is 1. The van der Waals surface area contributed by atoms with E-state index >= 15 is 0 Å². The molecule has 0 bridgehead atoms. The minimum Gasteiger partial charge on any atom is -0.480 e. The van der Waals surface area contributed by atoms with Crippen molar-refractivity contribution in [1.82, 2.24) is 5.43 Å². The number of nitro benzene ring substituents is 1. The third-order valence-electron chi connectivity index (χ3n) is 3.70. The number of terminal acetylenes is 1. The summed E-state index contributed by atoms with van der Waals surface area (Å²) in [6.07, 6.45) is 7.56. The first kappa shape index (κ1) is 19.7.